The molecule has 0 bridgehead atoms. The molecule has 1 aliphatic heterocycles. The summed E-state index contributed by atoms with van der Waals surface area (Å²) < 4.78 is 6.30. The molecular weight excluding hydrogens is 420 g/mol. The maximum Gasteiger partial charge on any atom is 0.259 e. The number of pyridine rings is 2. The molecule has 0 radical (unpaired) electrons. The smallest absolute Gasteiger partial charge is 0.259 e. The highest BCUT2D eigenvalue weighted by Gasteiger charge is 2.36. The van der Waals surface area contributed by atoms with Crippen LogP contribution in [-0.4, -0.2) is 75.6 Å². The van der Waals surface area contributed by atoms with E-state index in [1.807, 2.05) is 33.0 Å². The molecule has 2 aliphatic rings. The predicted molar refractivity (Wildman–Crippen MR) is 124 cm³/mol. The number of aliphatic hydroxyl groups is 1. The Balaban J connectivity index is 1.67. The highest BCUT2D eigenvalue weighted by Crippen LogP contribution is 2.31. The number of likely N-dealkylation sites (N-methyl/N-ethyl adjacent to an activating group) is 1. The van der Waals surface area contributed by atoms with Crippen molar-refractivity contribution < 1.29 is 19.4 Å². The Labute approximate surface area is 194 Å². The Morgan fingerprint density at radius 2 is 2.03 bits per heavy atom. The van der Waals surface area contributed by atoms with Crippen LogP contribution in [0.3, 0.4) is 0 Å². The van der Waals surface area contributed by atoms with E-state index in [1.165, 1.54) is 0 Å². The lowest BCUT2D eigenvalue weighted by molar-refractivity contribution is -0.138. The van der Waals surface area contributed by atoms with Gasteiger partial charge in [0, 0.05) is 49.6 Å². The number of rotatable bonds is 6. The quantitative estimate of drug-likeness (QED) is 0.724. The summed E-state index contributed by atoms with van der Waals surface area (Å²) in [5.74, 6) is 0.235. The van der Waals surface area contributed by atoms with Crippen molar-refractivity contribution in [3.05, 3.63) is 42.4 Å². The first kappa shape index (κ1) is 23.2. The summed E-state index contributed by atoms with van der Waals surface area (Å²) in [6, 6.07) is 5.15. The average Bonchev–Trinajstić information content (AvgIpc) is 2.79. The summed E-state index contributed by atoms with van der Waals surface area (Å²) in [7, 11) is 1.82. The Morgan fingerprint density at radius 1 is 1.30 bits per heavy atom. The van der Waals surface area contributed by atoms with Gasteiger partial charge in [0.1, 0.15) is 11.7 Å². The fourth-order valence-electron chi connectivity index (χ4n) is 4.35. The largest absolute Gasteiger partial charge is 0.472 e. The number of hydrogen-bond acceptors (Lipinski definition) is 6. The van der Waals surface area contributed by atoms with Crippen LogP contribution in [-0.2, 0) is 4.79 Å². The second-order valence-electron chi connectivity index (χ2n) is 9.28. The summed E-state index contributed by atoms with van der Waals surface area (Å²) in [5.41, 5.74) is 2.04. The molecule has 8 heteroatoms. The van der Waals surface area contributed by atoms with Gasteiger partial charge in [-0.1, -0.05) is 13.3 Å². The number of aromatic nitrogens is 2. The van der Waals surface area contributed by atoms with Gasteiger partial charge in [-0.3, -0.25) is 14.6 Å². The van der Waals surface area contributed by atoms with Gasteiger partial charge < -0.3 is 19.6 Å². The molecule has 0 aromatic carbocycles. The first-order valence-electron chi connectivity index (χ1n) is 11.6. The molecule has 1 saturated carbocycles. The van der Waals surface area contributed by atoms with Crippen molar-refractivity contribution in [2.75, 3.05) is 26.7 Å². The first-order valence-corrected chi connectivity index (χ1v) is 11.6. The Kier molecular flexibility index (Phi) is 6.93. The van der Waals surface area contributed by atoms with Crippen LogP contribution in [0.15, 0.2) is 36.8 Å². The molecule has 8 nitrogen and oxygen atoms in total. The van der Waals surface area contributed by atoms with E-state index in [-0.39, 0.29) is 48.3 Å². The molecule has 0 spiro atoms. The van der Waals surface area contributed by atoms with Gasteiger partial charge in [-0.2, -0.15) is 0 Å². The van der Waals surface area contributed by atoms with Gasteiger partial charge in [0.2, 0.25) is 11.8 Å². The van der Waals surface area contributed by atoms with E-state index in [4.69, 9.17) is 4.74 Å². The number of hydrogen-bond donors (Lipinski definition) is 1. The predicted octanol–water partition coefficient (Wildman–Crippen LogP) is 2.62. The van der Waals surface area contributed by atoms with Gasteiger partial charge in [-0.25, -0.2) is 4.98 Å². The van der Waals surface area contributed by atoms with Gasteiger partial charge in [0.25, 0.3) is 5.91 Å². The SMILES string of the molecule is C[C@@H]1CN([C@@H](C)CO)C(=O)c2cc(-c3ccncc3)cnc2O[C@@H]1CN(C)C(=O)C1CCC1. The third kappa shape index (κ3) is 4.85. The van der Waals surface area contributed by atoms with Crippen LogP contribution in [0.5, 0.6) is 5.88 Å². The molecule has 0 unspecified atom stereocenters. The minimum absolute atomic E-state index is 0.0607. The monoisotopic (exact) mass is 452 g/mol. The maximum absolute atomic E-state index is 13.5. The number of nitrogens with zero attached hydrogens (tertiary/aromatic N) is 4. The molecule has 176 valence electrons. The number of amides is 2. The summed E-state index contributed by atoms with van der Waals surface area (Å²) in [5, 5.41) is 9.81. The number of aliphatic hydroxyl groups excluding tert-OH is 1. The van der Waals surface area contributed by atoms with E-state index in [2.05, 4.69) is 9.97 Å². The molecule has 1 N–H and O–H groups in total. The van der Waals surface area contributed by atoms with Crippen molar-refractivity contribution in [1.29, 1.82) is 0 Å². The van der Waals surface area contributed by atoms with Crippen molar-refractivity contribution >= 4 is 11.8 Å². The first-order chi connectivity index (χ1) is 15.9. The minimum Gasteiger partial charge on any atom is -0.472 e. The summed E-state index contributed by atoms with van der Waals surface area (Å²) in [4.78, 5) is 38.2. The molecule has 3 atom stereocenters. The fourth-order valence-corrected chi connectivity index (χ4v) is 4.35. The van der Waals surface area contributed by atoms with Crippen LogP contribution in [0, 0.1) is 11.8 Å². The Morgan fingerprint density at radius 3 is 2.67 bits per heavy atom. The highest BCUT2D eigenvalue weighted by molar-refractivity contribution is 5.98. The third-order valence-corrected chi connectivity index (χ3v) is 6.82. The van der Waals surface area contributed by atoms with Gasteiger partial charge in [0.15, 0.2) is 0 Å². The fraction of sp³-hybridized carbons (Fsp3) is 0.520. The van der Waals surface area contributed by atoms with Crippen LogP contribution in [0.1, 0.15) is 43.5 Å². The molecular formula is C25H32N4O4. The molecule has 3 heterocycles. The van der Waals surface area contributed by atoms with E-state index in [0.29, 0.717) is 18.7 Å². The van der Waals surface area contributed by atoms with Crippen LogP contribution in [0.2, 0.25) is 0 Å². The van der Waals surface area contributed by atoms with E-state index in [9.17, 15) is 14.7 Å². The highest BCUT2D eigenvalue weighted by atomic mass is 16.5. The molecule has 33 heavy (non-hydrogen) atoms. The molecule has 2 amide bonds. The second-order valence-corrected chi connectivity index (χ2v) is 9.28. The molecule has 1 fully saturated rings. The average molecular weight is 453 g/mol. The molecule has 2 aromatic rings. The minimum atomic E-state index is -0.356. The third-order valence-electron chi connectivity index (χ3n) is 6.82. The summed E-state index contributed by atoms with van der Waals surface area (Å²) in [6.45, 7) is 4.52. The van der Waals surface area contributed by atoms with Crippen LogP contribution in [0.4, 0.5) is 0 Å². The second kappa shape index (κ2) is 9.87. The summed E-state index contributed by atoms with van der Waals surface area (Å²) in [6.07, 6.45) is 7.74. The number of carbonyl (C=O) groups is 2. The number of ether oxygens (including phenoxy) is 1. The lowest BCUT2D eigenvalue weighted by Crippen LogP contribution is -2.51. The van der Waals surface area contributed by atoms with Crippen molar-refractivity contribution in [2.45, 2.75) is 45.3 Å². The zero-order chi connectivity index (χ0) is 23.5. The van der Waals surface area contributed by atoms with E-state index in [0.717, 1.165) is 30.4 Å². The lowest BCUT2D eigenvalue weighted by Gasteiger charge is -2.38. The van der Waals surface area contributed by atoms with Crippen molar-refractivity contribution in [1.82, 2.24) is 19.8 Å². The Bertz CT molecular complexity index is 995. The Hall–Kier alpha value is -3.00. The maximum atomic E-state index is 13.5. The van der Waals surface area contributed by atoms with Gasteiger partial charge >= 0.3 is 0 Å². The number of carbonyl (C=O) groups excluding carboxylic acids is 2. The topological polar surface area (TPSA) is 95.9 Å². The van der Waals surface area contributed by atoms with Crippen LogP contribution < -0.4 is 4.74 Å². The molecule has 2 aromatic heterocycles. The van der Waals surface area contributed by atoms with E-state index in [1.54, 1.807) is 34.5 Å². The standard InChI is InChI=1S/C25H32N4O4/c1-16-13-29(17(2)15-30)25(32)21-11-20(18-7-9-26-10-8-18)12-27-23(21)33-22(16)14-28(3)24(31)19-5-4-6-19/h7-12,16-17,19,22,30H,4-6,13-15H2,1-3H3/t16-,17+,22-/m1/s1. The van der Waals surface area contributed by atoms with E-state index < -0.39 is 0 Å². The molecule has 0 saturated heterocycles. The van der Waals surface area contributed by atoms with Crippen molar-refractivity contribution in [3.8, 4) is 17.0 Å². The normalized spacial score (nSPS) is 21.8. The summed E-state index contributed by atoms with van der Waals surface area (Å²) >= 11 is 0. The zero-order valence-electron chi connectivity index (χ0n) is 19.5. The van der Waals surface area contributed by atoms with Gasteiger partial charge in [-0.05, 0) is 43.5 Å². The van der Waals surface area contributed by atoms with Gasteiger partial charge in [0.05, 0.1) is 19.2 Å². The van der Waals surface area contributed by atoms with Crippen LogP contribution in [0.25, 0.3) is 11.1 Å². The molecule has 1 aliphatic carbocycles. The van der Waals surface area contributed by atoms with Crippen LogP contribution >= 0.6 is 0 Å². The van der Waals surface area contributed by atoms with Crippen molar-refractivity contribution in [2.24, 2.45) is 11.8 Å². The van der Waals surface area contributed by atoms with Crippen molar-refractivity contribution in [3.63, 3.8) is 0 Å². The lowest BCUT2D eigenvalue weighted by atomic mass is 9.84. The van der Waals surface area contributed by atoms with E-state index >= 15 is 0 Å². The number of fused-ring (bicyclic) bond motifs is 1. The zero-order valence-corrected chi connectivity index (χ0v) is 19.5. The van der Waals surface area contributed by atoms with Gasteiger partial charge in [-0.15, -0.1) is 0 Å². The molecule has 4 rings (SSSR count).